The van der Waals surface area contributed by atoms with E-state index in [-0.39, 0.29) is 45.5 Å². The van der Waals surface area contributed by atoms with E-state index in [9.17, 15) is 0 Å². The van der Waals surface area contributed by atoms with Crippen molar-refractivity contribution in [3.05, 3.63) is 0 Å². The summed E-state index contributed by atoms with van der Waals surface area (Å²) in [5.74, 6) is 0.714. The molecule has 44 valence electrons. The maximum absolute atomic E-state index is 7.08. The Kier molecular flexibility index (Phi) is 5.36. The van der Waals surface area contributed by atoms with E-state index in [0.717, 1.165) is 13.0 Å². The Hall–Kier alpha value is 0.951. The van der Waals surface area contributed by atoms with Crippen LogP contribution in [0.4, 0.5) is 0 Å². The molecule has 0 spiro atoms. The number of hydrogen-bond acceptors (Lipinski definition) is 1. The zero-order chi connectivity index (χ0) is 5.11. The average molecular weight is 188 g/mol. The van der Waals surface area contributed by atoms with Gasteiger partial charge < -0.3 is 5.32 Å². The second-order valence-electron chi connectivity index (χ2n) is 1.86. The summed E-state index contributed by atoms with van der Waals surface area (Å²) in [5, 5.41) is 10.0. The van der Waals surface area contributed by atoms with Crippen LogP contribution in [0, 0.1) is 5.41 Å². The molecule has 2 N–H and O–H groups in total. The second kappa shape index (κ2) is 4.79. The van der Waals surface area contributed by atoms with Gasteiger partial charge in [0, 0.05) is 13.0 Å². The number of nitrogens with one attached hydrogen (secondary N) is 2. The summed E-state index contributed by atoms with van der Waals surface area (Å²) in [7, 11) is 0. The Labute approximate surface area is 86.8 Å². The van der Waals surface area contributed by atoms with Crippen LogP contribution in [-0.4, -0.2) is 57.9 Å². The van der Waals surface area contributed by atoms with Crippen LogP contribution in [0.15, 0.2) is 0 Å². The quantitative estimate of drug-likeness (QED) is 0.508. The van der Waals surface area contributed by atoms with Crippen LogP contribution in [0.2, 0.25) is 0 Å². The molecule has 0 atom stereocenters. The minimum absolute atomic E-state index is 0. The van der Waals surface area contributed by atoms with Crippen LogP contribution in [0.1, 0.15) is 19.3 Å². The molecule has 0 aromatic rings. The van der Waals surface area contributed by atoms with Crippen LogP contribution in [0.3, 0.4) is 0 Å². The van der Waals surface area contributed by atoms with Gasteiger partial charge in [0.1, 0.15) is 0 Å². The monoisotopic (exact) mass is 188 g/mol. The van der Waals surface area contributed by atoms with Gasteiger partial charge in [0.05, 0.1) is 5.84 Å². The number of hydrogen-bond donors (Lipinski definition) is 2. The van der Waals surface area contributed by atoms with E-state index < -0.39 is 0 Å². The molecule has 2 nitrogen and oxygen atoms in total. The number of amidine groups is 1. The van der Waals surface area contributed by atoms with E-state index in [1.54, 1.807) is 0 Å². The standard InChI is InChI=1S/C5H10N2.Sr.2H/c6-5-3-1-2-4-7-5;;;/h1-4H2,(H2,6,7);;;. The SMILES string of the molecule is N=C1CCCCN1.[SrH2]. The predicted octanol–water partition coefficient (Wildman–Crippen LogP) is -0.179. The van der Waals surface area contributed by atoms with E-state index >= 15 is 0 Å². The van der Waals surface area contributed by atoms with Gasteiger partial charge in [-0.15, -0.1) is 0 Å². The van der Waals surface area contributed by atoms with Crippen LogP contribution in [-0.2, 0) is 0 Å². The first-order valence-electron chi connectivity index (χ1n) is 2.71. The zero-order valence-corrected chi connectivity index (χ0v) is 4.33. The van der Waals surface area contributed by atoms with Gasteiger partial charge in [-0.3, -0.25) is 5.41 Å². The first-order chi connectivity index (χ1) is 3.39. The molecule has 0 aromatic heterocycles. The van der Waals surface area contributed by atoms with Gasteiger partial charge in [-0.25, -0.2) is 0 Å². The number of rotatable bonds is 0. The molecule has 1 rings (SSSR count). The molecule has 1 aliphatic heterocycles. The molecule has 0 saturated carbocycles. The summed E-state index contributed by atoms with van der Waals surface area (Å²) in [6.45, 7) is 1.01. The predicted molar refractivity (Wildman–Crippen MR) is 38.1 cm³/mol. The fraction of sp³-hybridized carbons (Fsp3) is 0.800. The Bertz CT molecular complexity index is 74.5. The molecule has 0 radical (unpaired) electrons. The van der Waals surface area contributed by atoms with Crippen molar-refractivity contribution >= 4 is 51.3 Å². The van der Waals surface area contributed by atoms with Crippen molar-refractivity contribution in [2.24, 2.45) is 0 Å². The van der Waals surface area contributed by atoms with Crippen molar-refractivity contribution in [1.29, 1.82) is 5.41 Å². The number of piperidine rings is 1. The van der Waals surface area contributed by atoms with E-state index in [4.69, 9.17) is 5.41 Å². The second-order valence-corrected chi connectivity index (χ2v) is 1.86. The van der Waals surface area contributed by atoms with Crippen molar-refractivity contribution in [3.63, 3.8) is 0 Å². The Balaban J connectivity index is 0.000000490. The molecule has 8 heavy (non-hydrogen) atoms. The van der Waals surface area contributed by atoms with E-state index in [1.165, 1.54) is 12.8 Å². The molecule has 3 heteroatoms. The molecule has 0 aliphatic carbocycles. The van der Waals surface area contributed by atoms with Crippen molar-refractivity contribution in [2.75, 3.05) is 6.54 Å². The molecule has 0 bridgehead atoms. The molecule has 1 aliphatic rings. The first kappa shape index (κ1) is 8.95. The summed E-state index contributed by atoms with van der Waals surface area (Å²) < 4.78 is 0. The first-order valence-corrected chi connectivity index (χ1v) is 2.71. The summed E-state index contributed by atoms with van der Waals surface area (Å²) >= 11 is 0. The fourth-order valence-corrected chi connectivity index (χ4v) is 0.754. The van der Waals surface area contributed by atoms with Crippen LogP contribution < -0.4 is 5.32 Å². The van der Waals surface area contributed by atoms with Crippen molar-refractivity contribution < 1.29 is 0 Å². The third-order valence-corrected chi connectivity index (χ3v) is 1.19. The van der Waals surface area contributed by atoms with Crippen LogP contribution >= 0.6 is 0 Å². The Morgan fingerprint density at radius 2 is 2.12 bits per heavy atom. The third kappa shape index (κ3) is 3.07. The van der Waals surface area contributed by atoms with E-state index in [0.29, 0.717) is 5.84 Å². The Morgan fingerprint density at radius 1 is 1.38 bits per heavy atom. The molecule has 1 saturated heterocycles. The third-order valence-electron chi connectivity index (χ3n) is 1.19. The fourth-order valence-electron chi connectivity index (χ4n) is 0.754. The maximum atomic E-state index is 7.08. The molecule has 0 aromatic carbocycles. The van der Waals surface area contributed by atoms with Gasteiger partial charge in [0.2, 0.25) is 0 Å². The zero-order valence-electron chi connectivity index (χ0n) is 4.33. The van der Waals surface area contributed by atoms with E-state index in [2.05, 4.69) is 5.32 Å². The molecule has 0 unspecified atom stereocenters. The van der Waals surface area contributed by atoms with Gasteiger partial charge in [0.15, 0.2) is 0 Å². The van der Waals surface area contributed by atoms with E-state index in [1.807, 2.05) is 0 Å². The van der Waals surface area contributed by atoms with Crippen molar-refractivity contribution in [3.8, 4) is 0 Å². The van der Waals surface area contributed by atoms with Crippen molar-refractivity contribution in [1.82, 2.24) is 5.32 Å². The topological polar surface area (TPSA) is 35.9 Å². The van der Waals surface area contributed by atoms with Gasteiger partial charge in [-0.05, 0) is 12.8 Å². The normalized spacial score (nSPS) is 18.8. The molecule has 1 heterocycles. The molecule has 1 fully saturated rings. The van der Waals surface area contributed by atoms with Gasteiger partial charge in [0.25, 0.3) is 0 Å². The van der Waals surface area contributed by atoms with Crippen molar-refractivity contribution in [2.45, 2.75) is 19.3 Å². The van der Waals surface area contributed by atoms with Gasteiger partial charge >= 0.3 is 45.5 Å². The van der Waals surface area contributed by atoms with Gasteiger partial charge in [-0.1, -0.05) is 0 Å². The average Bonchev–Trinajstić information content (AvgIpc) is 1.69. The van der Waals surface area contributed by atoms with Crippen LogP contribution in [0.5, 0.6) is 0 Å². The molecular weight excluding hydrogens is 176 g/mol. The minimum atomic E-state index is 0. The Morgan fingerprint density at radius 3 is 2.38 bits per heavy atom. The molecular formula is C5H12N2Sr. The van der Waals surface area contributed by atoms with Crippen LogP contribution in [0.25, 0.3) is 0 Å². The summed E-state index contributed by atoms with van der Waals surface area (Å²) in [6, 6.07) is 0. The summed E-state index contributed by atoms with van der Waals surface area (Å²) in [4.78, 5) is 0. The summed E-state index contributed by atoms with van der Waals surface area (Å²) in [6.07, 6.45) is 3.40. The molecule has 0 amide bonds. The van der Waals surface area contributed by atoms with Gasteiger partial charge in [-0.2, -0.15) is 0 Å². The summed E-state index contributed by atoms with van der Waals surface area (Å²) in [5.41, 5.74) is 0.